The number of H-pyrrole nitrogens is 1. The van der Waals surface area contributed by atoms with Gasteiger partial charge < -0.3 is 10.7 Å². The Morgan fingerprint density at radius 1 is 1.23 bits per heavy atom. The van der Waals surface area contributed by atoms with E-state index in [1.807, 2.05) is 19.2 Å². The van der Waals surface area contributed by atoms with Gasteiger partial charge in [0.05, 0.1) is 11.4 Å². The fourth-order valence-electron chi connectivity index (χ4n) is 4.58. The Hall–Kier alpha value is -3.11. The topological polar surface area (TPSA) is 54.2 Å². The minimum Gasteiger partial charge on any atom is -0.402 e. The van der Waals surface area contributed by atoms with Crippen LogP contribution in [0.4, 0.5) is 5.69 Å². The van der Waals surface area contributed by atoms with Gasteiger partial charge in [-0.05, 0) is 59.0 Å². The smallest absolute Gasteiger partial charge is 0.0804 e. The van der Waals surface area contributed by atoms with E-state index in [9.17, 15) is 0 Å². The Labute approximate surface area is 184 Å². The van der Waals surface area contributed by atoms with Crippen molar-refractivity contribution in [2.45, 2.75) is 19.8 Å². The number of hydrogen-bond donors (Lipinski definition) is 2. The van der Waals surface area contributed by atoms with Crippen LogP contribution in [0.15, 0.2) is 58.8 Å². The van der Waals surface area contributed by atoms with E-state index in [2.05, 4.69) is 70.5 Å². The minimum atomic E-state index is 0.885. The number of halogens is 1. The fourth-order valence-corrected chi connectivity index (χ4v) is 4.81. The van der Waals surface area contributed by atoms with E-state index in [4.69, 9.17) is 10.7 Å². The van der Waals surface area contributed by atoms with E-state index < -0.39 is 0 Å². The van der Waals surface area contributed by atoms with Crippen LogP contribution in [0.25, 0.3) is 34.6 Å². The number of aromatic amines is 1. The van der Waals surface area contributed by atoms with Crippen molar-refractivity contribution in [3.63, 3.8) is 0 Å². The van der Waals surface area contributed by atoms with Crippen molar-refractivity contribution in [2.24, 2.45) is 10.7 Å². The molecule has 0 saturated carbocycles. The lowest BCUT2D eigenvalue weighted by molar-refractivity contribution is 0.921. The maximum atomic E-state index is 6.24. The van der Waals surface area contributed by atoms with E-state index in [1.54, 1.807) is 0 Å². The number of rotatable bonds is 3. The van der Waals surface area contributed by atoms with E-state index >= 15 is 0 Å². The monoisotopic (exact) mass is 455 g/mol. The lowest BCUT2D eigenvalue weighted by atomic mass is 9.83. The molecule has 0 unspecified atom stereocenters. The largest absolute Gasteiger partial charge is 0.402 e. The molecule has 148 valence electrons. The van der Waals surface area contributed by atoms with E-state index in [0.29, 0.717) is 0 Å². The molecule has 4 heteroatoms. The second-order valence-electron chi connectivity index (χ2n) is 7.78. The van der Waals surface area contributed by atoms with Crippen molar-refractivity contribution in [2.75, 3.05) is 0 Å². The summed E-state index contributed by atoms with van der Waals surface area (Å²) in [5.41, 5.74) is 16.6. The van der Waals surface area contributed by atoms with Crippen molar-refractivity contribution >= 4 is 61.9 Å². The predicted molar refractivity (Wildman–Crippen MR) is 133 cm³/mol. The molecule has 0 amide bonds. The summed E-state index contributed by atoms with van der Waals surface area (Å²) >= 11 is 3.56. The van der Waals surface area contributed by atoms with Gasteiger partial charge in [-0.15, -0.1) is 0 Å². The molecule has 0 radical (unpaired) electrons. The van der Waals surface area contributed by atoms with Gasteiger partial charge in [0.25, 0.3) is 0 Å². The molecule has 3 nitrogen and oxygen atoms in total. The molecule has 0 bridgehead atoms. The number of fused-ring (bicyclic) bond motifs is 6. The molecule has 1 aliphatic carbocycles. The van der Waals surface area contributed by atoms with E-state index in [0.717, 1.165) is 62.4 Å². The first-order valence-electron chi connectivity index (χ1n) is 9.99. The molecular weight excluding hydrogens is 434 g/mol. The first-order valence-corrected chi connectivity index (χ1v) is 10.8. The molecule has 30 heavy (non-hydrogen) atoms. The van der Waals surface area contributed by atoms with Gasteiger partial charge in [0.15, 0.2) is 0 Å². The van der Waals surface area contributed by atoms with Crippen LogP contribution in [-0.4, -0.2) is 10.7 Å². The summed E-state index contributed by atoms with van der Waals surface area (Å²) < 4.78 is 1.03. The highest BCUT2D eigenvalue weighted by molar-refractivity contribution is 9.11. The van der Waals surface area contributed by atoms with Crippen LogP contribution in [0, 0.1) is 0 Å². The minimum absolute atomic E-state index is 0.885. The maximum absolute atomic E-state index is 6.24. The first-order chi connectivity index (χ1) is 14.5. The Balaban J connectivity index is 1.80. The number of benzene rings is 2. The molecule has 3 aromatic rings. The van der Waals surface area contributed by atoms with Gasteiger partial charge in [-0.1, -0.05) is 53.4 Å². The zero-order chi connectivity index (χ0) is 21.0. The Morgan fingerprint density at radius 2 is 2.00 bits per heavy atom. The molecule has 1 aromatic heterocycles. The Morgan fingerprint density at radius 3 is 2.73 bits per heavy atom. The molecule has 0 fully saturated rings. The molecule has 1 aliphatic heterocycles. The van der Waals surface area contributed by atoms with E-state index in [-0.39, 0.29) is 0 Å². The van der Waals surface area contributed by atoms with Gasteiger partial charge in [0, 0.05) is 45.2 Å². The van der Waals surface area contributed by atoms with Gasteiger partial charge >= 0.3 is 0 Å². The molecule has 0 spiro atoms. The number of allylic oxidation sites excluding steroid dienone is 3. The van der Waals surface area contributed by atoms with Crippen LogP contribution < -0.4 is 5.73 Å². The summed E-state index contributed by atoms with van der Waals surface area (Å²) in [4.78, 5) is 8.45. The van der Waals surface area contributed by atoms with Gasteiger partial charge in [0.2, 0.25) is 0 Å². The third-order valence-corrected chi connectivity index (χ3v) is 6.13. The van der Waals surface area contributed by atoms with Crippen LogP contribution in [0.3, 0.4) is 0 Å². The molecule has 2 aromatic carbocycles. The van der Waals surface area contributed by atoms with Crippen LogP contribution in [0.2, 0.25) is 0 Å². The fraction of sp³-hybridized carbons (Fsp3) is 0.115. The number of nitrogens with zero attached hydrogens (tertiary/aromatic N) is 1. The van der Waals surface area contributed by atoms with Crippen molar-refractivity contribution in [1.29, 1.82) is 0 Å². The number of aryl methyl sites for hydroxylation is 1. The summed E-state index contributed by atoms with van der Waals surface area (Å²) in [6, 6.07) is 8.52. The van der Waals surface area contributed by atoms with Crippen molar-refractivity contribution in [1.82, 2.24) is 4.98 Å². The second-order valence-corrected chi connectivity index (χ2v) is 9.04. The lowest BCUT2D eigenvalue weighted by Gasteiger charge is -2.20. The van der Waals surface area contributed by atoms with Crippen LogP contribution >= 0.6 is 15.9 Å². The molecular formula is C26H22BrN3. The second kappa shape index (κ2) is 6.99. The van der Waals surface area contributed by atoms with Crippen LogP contribution in [-0.2, 0) is 6.42 Å². The average molecular weight is 456 g/mol. The highest BCUT2D eigenvalue weighted by Gasteiger charge is 2.30. The van der Waals surface area contributed by atoms with Gasteiger partial charge in [0.1, 0.15) is 0 Å². The third-order valence-electron chi connectivity index (χ3n) is 5.90. The summed E-state index contributed by atoms with van der Waals surface area (Å²) in [6.45, 7) is 10.4. The highest BCUT2D eigenvalue weighted by atomic mass is 79.9. The summed E-state index contributed by atoms with van der Waals surface area (Å²) in [6.07, 6.45) is 9.85. The van der Waals surface area contributed by atoms with E-state index in [1.165, 1.54) is 21.9 Å². The summed E-state index contributed by atoms with van der Waals surface area (Å²) in [7, 11) is 0. The summed E-state index contributed by atoms with van der Waals surface area (Å²) in [5.74, 6) is 0. The molecule has 3 N–H and O–H groups in total. The number of aromatic nitrogens is 1. The SMILES string of the molecule is C=Cc1[nH]cc(C2=Nc3c(c4c(c5ccccc35)CCC(N)=C4)C2=C)c1/C=C(\C)Br. The zero-order valence-electron chi connectivity index (χ0n) is 16.8. The number of hydrogen-bond acceptors (Lipinski definition) is 2. The zero-order valence-corrected chi connectivity index (χ0v) is 18.4. The predicted octanol–water partition coefficient (Wildman–Crippen LogP) is 6.96. The van der Waals surface area contributed by atoms with Crippen molar-refractivity contribution < 1.29 is 0 Å². The van der Waals surface area contributed by atoms with Gasteiger partial charge in [-0.3, -0.25) is 0 Å². The average Bonchev–Trinajstić information content (AvgIpc) is 3.28. The normalized spacial score (nSPS) is 15.7. The van der Waals surface area contributed by atoms with Gasteiger partial charge in [-0.25, -0.2) is 4.99 Å². The van der Waals surface area contributed by atoms with Crippen LogP contribution in [0.1, 0.15) is 46.9 Å². The molecule has 0 saturated heterocycles. The molecule has 0 atom stereocenters. The highest BCUT2D eigenvalue weighted by Crippen LogP contribution is 2.48. The number of aliphatic imine (C=N–C) groups is 1. The third kappa shape index (κ3) is 2.75. The lowest BCUT2D eigenvalue weighted by Crippen LogP contribution is -2.09. The standard InChI is InChI=1S/C26H22BrN3/c1-4-23-20(11-14(2)27)22(13-29-23)25-15(3)24-21-12-16(28)9-10-18(21)17-7-5-6-8-19(17)26(24)30-25/h4-8,11-13,29H,1,3,9-10,28H2,2H3/b14-11+. The quantitative estimate of drug-likeness (QED) is 0.440. The number of nitrogens with two attached hydrogens (primary N) is 1. The maximum Gasteiger partial charge on any atom is 0.0804 e. The van der Waals surface area contributed by atoms with Crippen LogP contribution in [0.5, 0.6) is 0 Å². The molecule has 2 heterocycles. The molecule has 2 aliphatic rings. The van der Waals surface area contributed by atoms with Crippen molar-refractivity contribution in [3.8, 4) is 0 Å². The first kappa shape index (κ1) is 18.9. The Bertz CT molecular complexity index is 1340. The Kier molecular flexibility index (Phi) is 4.40. The van der Waals surface area contributed by atoms with Gasteiger partial charge in [-0.2, -0.15) is 0 Å². The van der Waals surface area contributed by atoms with Crippen molar-refractivity contribution in [3.05, 3.63) is 87.3 Å². The summed E-state index contributed by atoms with van der Waals surface area (Å²) in [5, 5.41) is 2.43. The molecule has 5 rings (SSSR count). The number of nitrogens with one attached hydrogen (secondary N) is 1.